The summed E-state index contributed by atoms with van der Waals surface area (Å²) in [6.07, 6.45) is 71.7. The largest absolute Gasteiger partial charge is 0.462 e. The van der Waals surface area contributed by atoms with Crippen molar-refractivity contribution in [2.45, 2.75) is 200 Å². The summed E-state index contributed by atoms with van der Waals surface area (Å²) in [6.45, 7) is 6.24. The van der Waals surface area contributed by atoms with Gasteiger partial charge in [0, 0.05) is 19.3 Å². The molecule has 0 radical (unpaired) electrons. The van der Waals surface area contributed by atoms with Crippen molar-refractivity contribution in [3.63, 3.8) is 0 Å². The van der Waals surface area contributed by atoms with Crippen LogP contribution in [0, 0.1) is 0 Å². The fourth-order valence-corrected chi connectivity index (χ4v) is 6.15. The first-order valence-corrected chi connectivity index (χ1v) is 25.2. The highest BCUT2D eigenvalue weighted by molar-refractivity contribution is 5.71. The van der Waals surface area contributed by atoms with Gasteiger partial charge in [-0.25, -0.2) is 0 Å². The molecule has 0 heterocycles. The Hall–Kier alpha value is -4.45. The second-order valence-electron chi connectivity index (χ2n) is 16.0. The minimum absolute atomic E-state index is 0.141. The van der Waals surface area contributed by atoms with Crippen LogP contribution in [0.5, 0.6) is 0 Å². The Bertz CT molecular complexity index is 1430. The summed E-state index contributed by atoms with van der Waals surface area (Å²) in [5, 5.41) is 0. The number of rotatable bonds is 43. The maximum Gasteiger partial charge on any atom is 0.306 e. The molecule has 0 bridgehead atoms. The fraction of sp³-hybridized carbons (Fsp3) is 0.569. The molecular weight excluding hydrogens is 793 g/mol. The van der Waals surface area contributed by atoms with Crippen molar-refractivity contribution in [1.29, 1.82) is 0 Å². The highest BCUT2D eigenvalue weighted by atomic mass is 16.6. The van der Waals surface area contributed by atoms with Crippen LogP contribution in [0.4, 0.5) is 0 Å². The van der Waals surface area contributed by atoms with Crippen LogP contribution < -0.4 is 0 Å². The smallest absolute Gasteiger partial charge is 0.306 e. The Kier molecular flexibility index (Phi) is 47.6. The molecule has 358 valence electrons. The Morgan fingerprint density at radius 2 is 0.625 bits per heavy atom. The molecule has 0 saturated carbocycles. The lowest BCUT2D eigenvalue weighted by atomic mass is 10.1. The molecule has 0 aromatic heterocycles. The Morgan fingerprint density at radius 3 is 1.02 bits per heavy atom. The van der Waals surface area contributed by atoms with Crippen molar-refractivity contribution in [3.8, 4) is 0 Å². The van der Waals surface area contributed by atoms with E-state index in [1.54, 1.807) is 0 Å². The summed E-state index contributed by atoms with van der Waals surface area (Å²) >= 11 is 0. The Labute approximate surface area is 392 Å². The van der Waals surface area contributed by atoms with E-state index >= 15 is 0 Å². The van der Waals surface area contributed by atoms with Crippen molar-refractivity contribution in [2.75, 3.05) is 13.2 Å². The summed E-state index contributed by atoms with van der Waals surface area (Å²) in [6, 6.07) is 0. The van der Waals surface area contributed by atoms with Crippen LogP contribution in [0.25, 0.3) is 0 Å². The zero-order chi connectivity index (χ0) is 46.5. The zero-order valence-electron chi connectivity index (χ0n) is 40.7. The van der Waals surface area contributed by atoms with E-state index in [0.29, 0.717) is 19.3 Å². The second kappa shape index (κ2) is 51.2. The molecule has 1 unspecified atom stereocenters. The topological polar surface area (TPSA) is 78.9 Å². The lowest BCUT2D eigenvalue weighted by Gasteiger charge is -2.18. The average Bonchev–Trinajstić information content (AvgIpc) is 3.29. The van der Waals surface area contributed by atoms with Crippen molar-refractivity contribution in [3.05, 3.63) is 134 Å². The molecule has 0 aromatic rings. The maximum atomic E-state index is 12.8. The number of esters is 3. The van der Waals surface area contributed by atoms with E-state index < -0.39 is 12.1 Å². The van der Waals surface area contributed by atoms with Gasteiger partial charge in [-0.15, -0.1) is 0 Å². The van der Waals surface area contributed by atoms with Crippen LogP contribution in [-0.2, 0) is 28.6 Å². The van der Waals surface area contributed by atoms with E-state index in [0.717, 1.165) is 89.9 Å². The standard InChI is InChI=1S/C58H90O6/c1-4-7-10-13-16-19-22-25-27-29-31-33-36-39-42-45-48-51-57(60)63-54-55(53-62-56(59)50-47-44-41-38-35-24-21-18-15-12-9-6-3)64-58(61)52-49-46-43-40-37-34-32-30-28-26-23-20-17-14-11-8-5-2/h7,9-10,12,16,18-19,21,25-28,31-35,38-40,42-43,55H,4-6,8,11,13-15,17,20,22-24,29-30,36-37,41,44-54H2,1-3H3/b10-7-,12-9-,19-16-,21-18-,27-25-,28-26-,33-31-,34-32-,38-35-,42-39-,43-40-. The lowest BCUT2D eigenvalue weighted by molar-refractivity contribution is -0.167. The summed E-state index contributed by atoms with van der Waals surface area (Å²) in [5.74, 6) is -1.10. The molecule has 0 amide bonds. The summed E-state index contributed by atoms with van der Waals surface area (Å²) in [4.78, 5) is 37.9. The van der Waals surface area contributed by atoms with Crippen molar-refractivity contribution < 1.29 is 28.6 Å². The van der Waals surface area contributed by atoms with Crippen LogP contribution in [0.3, 0.4) is 0 Å². The third-order valence-corrected chi connectivity index (χ3v) is 9.87. The SMILES string of the molecule is CC/C=C\C/C=C\C/C=C\C/C=C\C/C=C\CCCC(=O)OCC(COC(=O)CCCC/C=C\C/C=C\C/C=C\CC)OC(=O)CCC/C=C\C/C=C\C/C=C\CCCCCCCC. The first kappa shape index (κ1) is 59.5. The fourth-order valence-electron chi connectivity index (χ4n) is 6.15. The molecule has 0 spiro atoms. The molecule has 0 fully saturated rings. The molecular formula is C58H90O6. The minimum Gasteiger partial charge on any atom is -0.462 e. The predicted molar refractivity (Wildman–Crippen MR) is 274 cm³/mol. The number of hydrogen-bond acceptors (Lipinski definition) is 6. The molecule has 64 heavy (non-hydrogen) atoms. The van der Waals surface area contributed by atoms with Gasteiger partial charge in [0.25, 0.3) is 0 Å². The monoisotopic (exact) mass is 883 g/mol. The van der Waals surface area contributed by atoms with Crippen LogP contribution in [0.15, 0.2) is 134 Å². The highest BCUT2D eigenvalue weighted by Gasteiger charge is 2.19. The van der Waals surface area contributed by atoms with Gasteiger partial charge >= 0.3 is 17.9 Å². The molecule has 1 atom stereocenters. The molecule has 0 aliphatic carbocycles. The van der Waals surface area contributed by atoms with Gasteiger partial charge in [0.05, 0.1) is 0 Å². The summed E-state index contributed by atoms with van der Waals surface area (Å²) < 4.78 is 16.6. The molecule has 6 nitrogen and oxygen atoms in total. The molecule has 0 N–H and O–H groups in total. The van der Waals surface area contributed by atoms with E-state index in [2.05, 4.69) is 154 Å². The first-order chi connectivity index (χ1) is 31.5. The third-order valence-electron chi connectivity index (χ3n) is 9.87. The van der Waals surface area contributed by atoms with Gasteiger partial charge < -0.3 is 14.2 Å². The number of carbonyl (C=O) groups excluding carboxylic acids is 3. The predicted octanol–water partition coefficient (Wildman–Crippen LogP) is 16.7. The van der Waals surface area contributed by atoms with Gasteiger partial charge in [-0.05, 0) is 122 Å². The summed E-state index contributed by atoms with van der Waals surface area (Å²) in [5.41, 5.74) is 0. The summed E-state index contributed by atoms with van der Waals surface area (Å²) in [7, 11) is 0. The van der Waals surface area contributed by atoms with E-state index in [4.69, 9.17) is 14.2 Å². The number of unbranched alkanes of at least 4 members (excludes halogenated alkanes) is 10. The molecule has 0 rings (SSSR count). The quantitative estimate of drug-likeness (QED) is 0.0263. The molecule has 0 aliphatic rings. The molecule has 6 heteroatoms. The average molecular weight is 883 g/mol. The van der Waals surface area contributed by atoms with Gasteiger partial charge in [0.1, 0.15) is 13.2 Å². The number of carbonyl (C=O) groups is 3. The molecule has 0 saturated heterocycles. The van der Waals surface area contributed by atoms with Crippen molar-refractivity contribution in [2.24, 2.45) is 0 Å². The van der Waals surface area contributed by atoms with Crippen LogP contribution >= 0.6 is 0 Å². The third kappa shape index (κ3) is 48.6. The number of ether oxygens (including phenoxy) is 3. The Balaban J connectivity index is 4.62. The molecule has 0 aromatic carbocycles. The lowest BCUT2D eigenvalue weighted by Crippen LogP contribution is -2.30. The van der Waals surface area contributed by atoms with Crippen LogP contribution in [0.2, 0.25) is 0 Å². The van der Waals surface area contributed by atoms with Crippen LogP contribution in [0.1, 0.15) is 194 Å². The number of hydrogen-bond donors (Lipinski definition) is 0. The highest BCUT2D eigenvalue weighted by Crippen LogP contribution is 2.10. The van der Waals surface area contributed by atoms with Gasteiger partial charge in [-0.1, -0.05) is 187 Å². The Morgan fingerprint density at radius 1 is 0.328 bits per heavy atom. The maximum absolute atomic E-state index is 12.8. The van der Waals surface area contributed by atoms with Gasteiger partial charge in [-0.2, -0.15) is 0 Å². The van der Waals surface area contributed by atoms with Gasteiger partial charge in [-0.3, -0.25) is 14.4 Å². The van der Waals surface area contributed by atoms with E-state index in [9.17, 15) is 14.4 Å². The van der Waals surface area contributed by atoms with Crippen LogP contribution in [-0.4, -0.2) is 37.2 Å². The first-order valence-electron chi connectivity index (χ1n) is 25.2. The van der Waals surface area contributed by atoms with E-state index in [1.807, 2.05) is 0 Å². The van der Waals surface area contributed by atoms with Gasteiger partial charge in [0.15, 0.2) is 6.10 Å². The van der Waals surface area contributed by atoms with Crippen molar-refractivity contribution >= 4 is 17.9 Å². The minimum atomic E-state index is -0.847. The second-order valence-corrected chi connectivity index (χ2v) is 16.0. The van der Waals surface area contributed by atoms with E-state index in [1.165, 1.54) is 44.9 Å². The normalized spacial score (nSPS) is 13.2. The molecule has 0 aliphatic heterocycles. The van der Waals surface area contributed by atoms with Gasteiger partial charge in [0.2, 0.25) is 0 Å². The van der Waals surface area contributed by atoms with Crippen molar-refractivity contribution in [1.82, 2.24) is 0 Å². The van der Waals surface area contributed by atoms with E-state index in [-0.39, 0.29) is 44.4 Å². The zero-order valence-corrected chi connectivity index (χ0v) is 40.7. The number of allylic oxidation sites excluding steroid dienone is 22.